The summed E-state index contributed by atoms with van der Waals surface area (Å²) in [6.45, 7) is 26.2. The summed E-state index contributed by atoms with van der Waals surface area (Å²) in [4.78, 5) is 0. The lowest BCUT2D eigenvalue weighted by molar-refractivity contribution is 0.361. The van der Waals surface area contributed by atoms with Crippen molar-refractivity contribution in [2.24, 2.45) is 0 Å². The standard InChI is InChI=1S/C22H44N4OP2/c1-9-23(10-2)28(24(11-3)12-4)22-20-18-17-19-21(22)27-29(25(13-5)14-6)26(15-7)16-8/h17-20H,9-16H2,1-8H3. The van der Waals surface area contributed by atoms with Crippen LogP contribution in [0.3, 0.4) is 0 Å². The van der Waals surface area contributed by atoms with Crippen LogP contribution in [0.5, 0.6) is 5.75 Å². The van der Waals surface area contributed by atoms with Crippen molar-refractivity contribution in [1.29, 1.82) is 0 Å². The predicted molar refractivity (Wildman–Crippen MR) is 132 cm³/mol. The first-order chi connectivity index (χ1) is 14.1. The molecule has 1 aromatic rings. The molecule has 0 saturated carbocycles. The normalized spacial score (nSPS) is 12.3. The summed E-state index contributed by atoms with van der Waals surface area (Å²) >= 11 is 0. The Bertz CT molecular complexity index is 523. The maximum Gasteiger partial charge on any atom is 0.248 e. The van der Waals surface area contributed by atoms with Crippen LogP contribution in [0, 0.1) is 0 Å². The number of nitrogens with zero attached hydrogens (tertiary/aromatic N) is 4. The quantitative estimate of drug-likeness (QED) is 0.329. The fourth-order valence-corrected chi connectivity index (χ4v) is 8.02. The van der Waals surface area contributed by atoms with E-state index in [-0.39, 0.29) is 0 Å². The fraction of sp³-hybridized carbons (Fsp3) is 0.727. The van der Waals surface area contributed by atoms with Gasteiger partial charge in [-0.05, 0) is 12.1 Å². The van der Waals surface area contributed by atoms with E-state index in [0.29, 0.717) is 0 Å². The van der Waals surface area contributed by atoms with Gasteiger partial charge in [0, 0.05) is 57.7 Å². The molecule has 0 saturated heterocycles. The lowest BCUT2D eigenvalue weighted by atomic mass is 10.3. The van der Waals surface area contributed by atoms with Crippen LogP contribution in [-0.2, 0) is 0 Å². The van der Waals surface area contributed by atoms with Crippen LogP contribution in [0.15, 0.2) is 24.3 Å². The third-order valence-electron chi connectivity index (χ3n) is 5.20. The van der Waals surface area contributed by atoms with Crippen molar-refractivity contribution in [3.05, 3.63) is 24.3 Å². The molecule has 7 heteroatoms. The van der Waals surface area contributed by atoms with Crippen molar-refractivity contribution in [3.63, 3.8) is 0 Å². The molecule has 0 spiro atoms. The van der Waals surface area contributed by atoms with Crippen LogP contribution in [0.4, 0.5) is 0 Å². The molecule has 0 heterocycles. The zero-order chi connectivity index (χ0) is 21.8. The average molecular weight is 443 g/mol. The Labute approximate surface area is 183 Å². The summed E-state index contributed by atoms with van der Waals surface area (Å²) in [5.74, 6) is 1.06. The SMILES string of the molecule is CCN(CC)P(Oc1ccccc1P(N(CC)CC)N(CC)CC)N(CC)CC. The molecule has 5 nitrogen and oxygen atoms in total. The zero-order valence-electron chi connectivity index (χ0n) is 20.1. The lowest BCUT2D eigenvalue weighted by Gasteiger charge is -2.40. The molecule has 29 heavy (non-hydrogen) atoms. The molecule has 168 valence electrons. The molecule has 1 rings (SSSR count). The highest BCUT2D eigenvalue weighted by molar-refractivity contribution is 7.61. The van der Waals surface area contributed by atoms with E-state index in [1.807, 2.05) is 0 Å². The summed E-state index contributed by atoms with van der Waals surface area (Å²) in [5.41, 5.74) is 0. The van der Waals surface area contributed by atoms with E-state index in [9.17, 15) is 0 Å². The highest BCUT2D eigenvalue weighted by Crippen LogP contribution is 2.50. The fourth-order valence-electron chi connectivity index (χ4n) is 3.48. The Morgan fingerprint density at radius 2 is 0.966 bits per heavy atom. The van der Waals surface area contributed by atoms with E-state index < -0.39 is 16.7 Å². The van der Waals surface area contributed by atoms with Gasteiger partial charge in [0.25, 0.3) is 0 Å². The maximum absolute atomic E-state index is 6.87. The molecule has 1 aromatic carbocycles. The van der Waals surface area contributed by atoms with Crippen LogP contribution >= 0.6 is 16.7 Å². The molecule has 0 bridgehead atoms. The summed E-state index contributed by atoms with van der Waals surface area (Å²) in [6.07, 6.45) is 0. The third kappa shape index (κ3) is 7.13. The predicted octanol–water partition coefficient (Wildman–Crippen LogP) is 5.60. The van der Waals surface area contributed by atoms with E-state index in [1.165, 1.54) is 5.30 Å². The van der Waals surface area contributed by atoms with Gasteiger partial charge >= 0.3 is 0 Å². The molecule has 0 fully saturated rings. The van der Waals surface area contributed by atoms with Crippen LogP contribution in [0.1, 0.15) is 55.4 Å². The van der Waals surface area contributed by atoms with Gasteiger partial charge in [0.2, 0.25) is 8.45 Å². The minimum absolute atomic E-state index is 0.575. The lowest BCUT2D eigenvalue weighted by Crippen LogP contribution is -2.35. The summed E-state index contributed by atoms with van der Waals surface area (Å²) < 4.78 is 17.0. The van der Waals surface area contributed by atoms with Crippen molar-refractivity contribution in [2.45, 2.75) is 55.4 Å². The van der Waals surface area contributed by atoms with E-state index in [0.717, 1.165) is 58.1 Å². The van der Waals surface area contributed by atoms with Gasteiger partial charge in [-0.25, -0.2) is 9.34 Å². The van der Waals surface area contributed by atoms with Gasteiger partial charge in [-0.1, -0.05) is 67.5 Å². The molecule has 0 aliphatic heterocycles. The minimum atomic E-state index is -0.821. The van der Waals surface area contributed by atoms with E-state index in [4.69, 9.17) is 4.52 Å². The second kappa shape index (κ2) is 14.7. The third-order valence-corrected chi connectivity index (χ3v) is 10.7. The van der Waals surface area contributed by atoms with Gasteiger partial charge in [-0.2, -0.15) is 0 Å². The topological polar surface area (TPSA) is 22.2 Å². The zero-order valence-corrected chi connectivity index (χ0v) is 21.8. The molecule has 0 aliphatic rings. The number of hydrogen-bond acceptors (Lipinski definition) is 5. The summed E-state index contributed by atoms with van der Waals surface area (Å²) in [7, 11) is -1.40. The molecule has 0 aliphatic carbocycles. The summed E-state index contributed by atoms with van der Waals surface area (Å²) in [6, 6.07) is 8.76. The van der Waals surface area contributed by atoms with Crippen molar-refractivity contribution in [2.75, 3.05) is 52.4 Å². The van der Waals surface area contributed by atoms with Gasteiger partial charge in [0.05, 0.1) is 8.22 Å². The number of benzene rings is 1. The Balaban J connectivity index is 3.41. The second-order valence-electron chi connectivity index (χ2n) is 6.66. The van der Waals surface area contributed by atoms with Gasteiger partial charge in [0.15, 0.2) is 0 Å². The Morgan fingerprint density at radius 3 is 1.34 bits per heavy atom. The first-order valence-corrected chi connectivity index (χ1v) is 13.8. The number of para-hydroxylation sites is 1. The average Bonchev–Trinajstić information content (AvgIpc) is 2.76. The van der Waals surface area contributed by atoms with Gasteiger partial charge in [-0.3, -0.25) is 9.34 Å². The van der Waals surface area contributed by atoms with Crippen LogP contribution in [-0.4, -0.2) is 71.0 Å². The van der Waals surface area contributed by atoms with Crippen molar-refractivity contribution < 1.29 is 4.52 Å². The van der Waals surface area contributed by atoms with E-state index >= 15 is 0 Å². The van der Waals surface area contributed by atoms with Crippen LogP contribution in [0.2, 0.25) is 0 Å². The molecule has 0 N–H and O–H groups in total. The van der Waals surface area contributed by atoms with Crippen LogP contribution < -0.4 is 9.83 Å². The first kappa shape index (κ1) is 26.8. The van der Waals surface area contributed by atoms with Crippen molar-refractivity contribution in [1.82, 2.24) is 18.7 Å². The molecule has 0 amide bonds. The molecular weight excluding hydrogens is 398 g/mol. The molecular formula is C22H44N4OP2. The van der Waals surface area contributed by atoms with Crippen molar-refractivity contribution in [3.8, 4) is 5.75 Å². The van der Waals surface area contributed by atoms with E-state index in [1.54, 1.807) is 0 Å². The molecule has 0 radical (unpaired) electrons. The molecule has 0 aromatic heterocycles. The highest BCUT2D eigenvalue weighted by Gasteiger charge is 2.30. The smallest absolute Gasteiger partial charge is 0.248 e. The second-order valence-corrected chi connectivity index (χ2v) is 10.7. The molecule has 0 atom stereocenters. The van der Waals surface area contributed by atoms with Gasteiger partial charge in [0.1, 0.15) is 5.75 Å². The Hall–Kier alpha value is -0.280. The Morgan fingerprint density at radius 1 is 0.586 bits per heavy atom. The first-order valence-electron chi connectivity index (χ1n) is 11.4. The monoisotopic (exact) mass is 442 g/mol. The maximum atomic E-state index is 6.87. The van der Waals surface area contributed by atoms with Crippen LogP contribution in [0.25, 0.3) is 0 Å². The van der Waals surface area contributed by atoms with Gasteiger partial charge in [-0.15, -0.1) is 0 Å². The van der Waals surface area contributed by atoms with Crippen molar-refractivity contribution >= 4 is 22.0 Å². The van der Waals surface area contributed by atoms with Gasteiger partial charge < -0.3 is 4.52 Å². The molecule has 0 unspecified atom stereocenters. The highest BCUT2D eigenvalue weighted by atomic mass is 31.2. The summed E-state index contributed by atoms with van der Waals surface area (Å²) in [5, 5.41) is 1.35. The van der Waals surface area contributed by atoms with E-state index in [2.05, 4.69) is 98.3 Å². The number of rotatable bonds is 15. The largest absolute Gasteiger partial charge is 0.444 e. The minimum Gasteiger partial charge on any atom is -0.444 e. The number of hydrogen-bond donors (Lipinski definition) is 0. The Kier molecular flexibility index (Phi) is 13.5.